The number of fused-ring (bicyclic) bond motifs is 1. The second kappa shape index (κ2) is 12.5. The zero-order chi connectivity index (χ0) is 26.4. The largest absolute Gasteiger partial charge is 0.369 e. The first kappa shape index (κ1) is 27.1. The van der Waals surface area contributed by atoms with Crippen LogP contribution >= 0.6 is 24.0 Å². The summed E-state index contributed by atoms with van der Waals surface area (Å²) >= 11 is 6.77. The van der Waals surface area contributed by atoms with Crippen molar-refractivity contribution in [3.8, 4) is 0 Å². The van der Waals surface area contributed by atoms with Gasteiger partial charge in [-0.3, -0.25) is 18.9 Å². The van der Waals surface area contributed by atoms with Crippen LogP contribution in [0.2, 0.25) is 0 Å². The molecule has 0 unspecified atom stereocenters. The Morgan fingerprint density at radius 1 is 1.03 bits per heavy atom. The molecule has 3 aromatic rings. The number of benzene rings is 1. The molecule has 1 amide bonds. The summed E-state index contributed by atoms with van der Waals surface area (Å²) in [4.78, 5) is 33.7. The molecule has 1 aliphatic heterocycles. The minimum absolute atomic E-state index is 0.189. The fourth-order valence-corrected chi connectivity index (χ4v) is 5.57. The van der Waals surface area contributed by atoms with Gasteiger partial charge in [0.25, 0.3) is 11.5 Å². The fourth-order valence-electron chi connectivity index (χ4n) is 4.33. The lowest BCUT2D eigenvalue weighted by atomic mass is 10.1. The Kier molecular flexibility index (Phi) is 9.16. The molecule has 1 saturated heterocycles. The highest BCUT2D eigenvalue weighted by Crippen LogP contribution is 2.34. The number of carbonyl (C=O) groups is 1. The van der Waals surface area contributed by atoms with Gasteiger partial charge in [0.2, 0.25) is 0 Å². The SMILES string of the molecule is CCCCCCCCNc1nc2c(C)cccn2c(=O)c1/C=C1/SC(=S)N(Cc2ccc(C)cc2)C1=O. The third kappa shape index (κ3) is 6.48. The Morgan fingerprint density at radius 3 is 2.51 bits per heavy atom. The monoisotopic (exact) mass is 534 g/mol. The normalized spacial score (nSPS) is 14.8. The van der Waals surface area contributed by atoms with E-state index in [0.29, 0.717) is 32.8 Å². The van der Waals surface area contributed by atoms with Crippen LogP contribution in [0.15, 0.2) is 52.3 Å². The molecule has 0 saturated carbocycles. The van der Waals surface area contributed by atoms with Crippen LogP contribution in [0.3, 0.4) is 0 Å². The van der Waals surface area contributed by atoms with Crippen LogP contribution in [-0.2, 0) is 11.3 Å². The number of amides is 1. The van der Waals surface area contributed by atoms with Gasteiger partial charge in [-0.05, 0) is 43.5 Å². The standard InChI is InChI=1S/C29H34N4O2S2/c1-4-5-6-7-8-9-16-30-25-23(27(34)32-17-10-11-21(3)26(32)31-25)18-24-28(35)33(29(36)37-24)19-22-14-12-20(2)13-15-22/h10-15,17-18,30H,4-9,16,19H2,1-3H3/b24-18+. The van der Waals surface area contributed by atoms with Crippen molar-refractivity contribution in [2.24, 2.45) is 0 Å². The van der Waals surface area contributed by atoms with Crippen molar-refractivity contribution in [3.05, 3.63) is 80.1 Å². The Morgan fingerprint density at radius 2 is 1.76 bits per heavy atom. The van der Waals surface area contributed by atoms with Crippen LogP contribution in [-0.4, -0.2) is 31.1 Å². The number of hydrogen-bond acceptors (Lipinski definition) is 6. The van der Waals surface area contributed by atoms with E-state index in [1.165, 1.54) is 37.4 Å². The van der Waals surface area contributed by atoms with Gasteiger partial charge in [-0.2, -0.15) is 0 Å². The summed E-state index contributed by atoms with van der Waals surface area (Å²) in [6.45, 7) is 7.30. The van der Waals surface area contributed by atoms with Gasteiger partial charge >= 0.3 is 0 Å². The number of rotatable bonds is 11. The van der Waals surface area contributed by atoms with E-state index >= 15 is 0 Å². The van der Waals surface area contributed by atoms with Gasteiger partial charge in [-0.15, -0.1) is 0 Å². The highest BCUT2D eigenvalue weighted by atomic mass is 32.2. The summed E-state index contributed by atoms with van der Waals surface area (Å²) < 4.78 is 2.03. The molecule has 0 spiro atoms. The van der Waals surface area contributed by atoms with Crippen molar-refractivity contribution in [1.82, 2.24) is 14.3 Å². The van der Waals surface area contributed by atoms with Gasteiger partial charge in [0.15, 0.2) is 0 Å². The molecular weight excluding hydrogens is 500 g/mol. The minimum atomic E-state index is -0.206. The topological polar surface area (TPSA) is 66.7 Å². The predicted octanol–water partition coefficient (Wildman–Crippen LogP) is 6.49. The molecule has 194 valence electrons. The van der Waals surface area contributed by atoms with Gasteiger partial charge in [0, 0.05) is 12.7 Å². The molecule has 3 heterocycles. The second-order valence-corrected chi connectivity index (χ2v) is 11.2. The van der Waals surface area contributed by atoms with Gasteiger partial charge in [-0.1, -0.05) is 98.9 Å². The lowest BCUT2D eigenvalue weighted by Gasteiger charge is -2.14. The molecule has 1 fully saturated rings. The molecule has 0 atom stereocenters. The van der Waals surface area contributed by atoms with Gasteiger partial charge in [0.05, 0.1) is 17.0 Å². The third-order valence-corrected chi connectivity index (χ3v) is 7.90. The van der Waals surface area contributed by atoms with E-state index in [4.69, 9.17) is 17.2 Å². The molecule has 6 nitrogen and oxygen atoms in total. The summed E-state index contributed by atoms with van der Waals surface area (Å²) in [6.07, 6.45) is 10.4. The number of aryl methyl sites for hydroxylation is 2. The molecular formula is C29H34N4O2S2. The number of aromatic nitrogens is 2. The summed E-state index contributed by atoms with van der Waals surface area (Å²) in [7, 11) is 0. The lowest BCUT2D eigenvalue weighted by Crippen LogP contribution is -2.27. The van der Waals surface area contributed by atoms with Gasteiger partial charge < -0.3 is 5.32 Å². The maximum Gasteiger partial charge on any atom is 0.267 e. The Hall–Kier alpha value is -2.97. The molecule has 8 heteroatoms. The molecule has 2 aromatic heterocycles. The predicted molar refractivity (Wildman–Crippen MR) is 158 cm³/mol. The van der Waals surface area contributed by atoms with Crippen LogP contribution in [0.4, 0.5) is 5.82 Å². The van der Waals surface area contributed by atoms with Crippen LogP contribution in [0.25, 0.3) is 11.7 Å². The van der Waals surface area contributed by atoms with E-state index in [2.05, 4.69) is 12.2 Å². The van der Waals surface area contributed by atoms with E-state index in [0.717, 1.165) is 36.1 Å². The van der Waals surface area contributed by atoms with E-state index in [1.54, 1.807) is 21.6 Å². The number of unbranched alkanes of at least 4 members (excludes halogenated alkanes) is 5. The van der Waals surface area contributed by atoms with Crippen molar-refractivity contribution in [1.29, 1.82) is 0 Å². The number of thiocarbonyl (C=S) groups is 1. The van der Waals surface area contributed by atoms with Crippen molar-refractivity contribution in [2.45, 2.75) is 65.8 Å². The zero-order valence-corrected chi connectivity index (χ0v) is 23.4. The first-order chi connectivity index (χ1) is 17.9. The highest BCUT2D eigenvalue weighted by molar-refractivity contribution is 8.26. The molecule has 0 radical (unpaired) electrons. The maximum atomic E-state index is 13.6. The van der Waals surface area contributed by atoms with Crippen LogP contribution in [0.1, 0.15) is 67.7 Å². The number of nitrogens with one attached hydrogen (secondary N) is 1. The second-order valence-electron chi connectivity index (χ2n) is 9.51. The molecule has 1 aliphatic rings. The first-order valence-corrected chi connectivity index (χ1v) is 14.2. The van der Waals surface area contributed by atoms with Crippen molar-refractivity contribution in [2.75, 3.05) is 11.9 Å². The van der Waals surface area contributed by atoms with Crippen LogP contribution in [0, 0.1) is 13.8 Å². The zero-order valence-electron chi connectivity index (χ0n) is 21.8. The van der Waals surface area contributed by atoms with Crippen LogP contribution in [0.5, 0.6) is 0 Å². The van der Waals surface area contributed by atoms with E-state index in [-0.39, 0.29) is 11.5 Å². The number of anilines is 1. The summed E-state index contributed by atoms with van der Waals surface area (Å²) in [6, 6.07) is 11.8. The number of carbonyl (C=O) groups excluding carboxylic acids is 1. The third-order valence-electron chi connectivity index (χ3n) is 6.52. The van der Waals surface area contributed by atoms with E-state index in [1.807, 2.05) is 50.2 Å². The Bertz CT molecular complexity index is 1380. The van der Waals surface area contributed by atoms with Gasteiger partial charge in [0.1, 0.15) is 15.8 Å². The van der Waals surface area contributed by atoms with Crippen molar-refractivity contribution in [3.63, 3.8) is 0 Å². The maximum absolute atomic E-state index is 13.6. The number of nitrogens with zero attached hydrogens (tertiary/aromatic N) is 3. The lowest BCUT2D eigenvalue weighted by molar-refractivity contribution is -0.122. The Labute approximate surface area is 228 Å². The smallest absolute Gasteiger partial charge is 0.267 e. The summed E-state index contributed by atoms with van der Waals surface area (Å²) in [5.74, 6) is 0.322. The molecule has 37 heavy (non-hydrogen) atoms. The molecule has 1 N–H and O–H groups in total. The Balaban J connectivity index is 1.60. The minimum Gasteiger partial charge on any atom is -0.369 e. The van der Waals surface area contributed by atoms with E-state index in [9.17, 15) is 9.59 Å². The van der Waals surface area contributed by atoms with Crippen molar-refractivity contribution >= 4 is 51.7 Å². The molecule has 4 rings (SSSR count). The number of hydrogen-bond donors (Lipinski definition) is 1. The van der Waals surface area contributed by atoms with E-state index < -0.39 is 0 Å². The quantitative estimate of drug-likeness (QED) is 0.172. The van der Waals surface area contributed by atoms with Crippen molar-refractivity contribution < 1.29 is 4.79 Å². The number of thioether (sulfide) groups is 1. The van der Waals surface area contributed by atoms with Gasteiger partial charge in [-0.25, -0.2) is 4.98 Å². The molecule has 0 aliphatic carbocycles. The molecule has 0 bridgehead atoms. The summed E-state index contributed by atoms with van der Waals surface area (Å²) in [5.41, 5.74) is 3.87. The fraction of sp³-hybridized carbons (Fsp3) is 0.379. The number of pyridine rings is 1. The summed E-state index contributed by atoms with van der Waals surface area (Å²) in [5, 5.41) is 3.38. The average Bonchev–Trinajstić information content (AvgIpc) is 3.14. The molecule has 1 aromatic carbocycles. The highest BCUT2D eigenvalue weighted by Gasteiger charge is 2.32. The first-order valence-electron chi connectivity index (χ1n) is 13.0. The average molecular weight is 535 g/mol. The van der Waals surface area contributed by atoms with Crippen LogP contribution < -0.4 is 10.9 Å².